The molecule has 0 aliphatic carbocycles. The maximum absolute atomic E-state index is 5.69. The van der Waals surface area contributed by atoms with Crippen LogP contribution < -0.4 is 5.73 Å². The zero-order valence-electron chi connectivity index (χ0n) is 8.27. The van der Waals surface area contributed by atoms with Gasteiger partial charge in [-0.15, -0.1) is 0 Å². The molecular weight excluding hydrogens is 182 g/mol. The fraction of sp³-hybridized carbons (Fsp3) is 0.667. The molecule has 0 aromatic carbocycles. The van der Waals surface area contributed by atoms with Gasteiger partial charge in [0.25, 0.3) is 0 Å². The highest BCUT2D eigenvalue weighted by Gasteiger charge is 2.16. The molecule has 14 heavy (non-hydrogen) atoms. The maximum Gasteiger partial charge on any atom is 0.100 e. The van der Waals surface area contributed by atoms with Crippen LogP contribution in [0.1, 0.15) is 5.69 Å². The third kappa shape index (κ3) is 1.88. The molecule has 2 heterocycles. The van der Waals surface area contributed by atoms with E-state index in [1.165, 1.54) is 0 Å². The Balaban J connectivity index is 1.99. The average molecular weight is 197 g/mol. The number of hydrogen-bond donors (Lipinski definition) is 1. The van der Waals surface area contributed by atoms with Crippen molar-refractivity contribution in [3.63, 3.8) is 0 Å². The van der Waals surface area contributed by atoms with Crippen molar-refractivity contribution in [3.8, 4) is 0 Å². The molecule has 1 aliphatic rings. The van der Waals surface area contributed by atoms with Crippen LogP contribution in [0.25, 0.3) is 0 Å². The van der Waals surface area contributed by atoms with Crippen molar-refractivity contribution >= 4 is 5.69 Å². The zero-order valence-corrected chi connectivity index (χ0v) is 8.27. The van der Waals surface area contributed by atoms with Crippen LogP contribution in [0.2, 0.25) is 0 Å². The molecule has 0 amide bonds. The van der Waals surface area contributed by atoms with E-state index in [9.17, 15) is 0 Å². The van der Waals surface area contributed by atoms with E-state index in [4.69, 9.17) is 15.2 Å². The van der Waals surface area contributed by atoms with Crippen LogP contribution in [0.3, 0.4) is 0 Å². The summed E-state index contributed by atoms with van der Waals surface area (Å²) in [6.45, 7) is 4.66. The van der Waals surface area contributed by atoms with Crippen molar-refractivity contribution in [1.82, 2.24) is 9.78 Å². The van der Waals surface area contributed by atoms with Gasteiger partial charge in [0.15, 0.2) is 0 Å². The summed E-state index contributed by atoms with van der Waals surface area (Å²) in [5, 5.41) is 4.17. The molecule has 2 rings (SSSR count). The summed E-state index contributed by atoms with van der Waals surface area (Å²) in [4.78, 5) is 0. The smallest absolute Gasteiger partial charge is 0.100 e. The lowest BCUT2D eigenvalue weighted by molar-refractivity contribution is -0.0947. The Hall–Kier alpha value is -1.07. The number of anilines is 1. The monoisotopic (exact) mass is 197 g/mol. The second-order valence-corrected chi connectivity index (χ2v) is 3.44. The van der Waals surface area contributed by atoms with Gasteiger partial charge in [0, 0.05) is 0 Å². The molecule has 78 valence electrons. The fourth-order valence-corrected chi connectivity index (χ4v) is 1.48. The normalized spacial score (nSPS) is 22.5. The summed E-state index contributed by atoms with van der Waals surface area (Å²) in [7, 11) is 0. The Bertz CT molecular complexity index is 305. The Kier molecular flexibility index (Phi) is 2.69. The molecule has 0 bridgehead atoms. The lowest BCUT2D eigenvalue weighted by atomic mass is 10.3. The minimum atomic E-state index is 0.0988. The predicted molar refractivity (Wildman–Crippen MR) is 51.9 cm³/mol. The third-order valence-corrected chi connectivity index (χ3v) is 2.40. The quantitative estimate of drug-likeness (QED) is 0.735. The van der Waals surface area contributed by atoms with Gasteiger partial charge in [-0.25, -0.2) is 0 Å². The number of rotatable bonds is 2. The molecule has 1 aliphatic heterocycles. The third-order valence-electron chi connectivity index (χ3n) is 2.40. The van der Waals surface area contributed by atoms with Crippen molar-refractivity contribution in [2.75, 3.05) is 25.6 Å². The van der Waals surface area contributed by atoms with E-state index in [-0.39, 0.29) is 6.10 Å². The van der Waals surface area contributed by atoms with Crippen LogP contribution in [0, 0.1) is 6.92 Å². The van der Waals surface area contributed by atoms with E-state index < -0.39 is 0 Å². The van der Waals surface area contributed by atoms with Gasteiger partial charge in [-0.1, -0.05) is 0 Å². The molecule has 0 radical (unpaired) electrons. The van der Waals surface area contributed by atoms with E-state index in [0.717, 1.165) is 11.4 Å². The van der Waals surface area contributed by atoms with E-state index in [2.05, 4.69) is 5.10 Å². The van der Waals surface area contributed by atoms with Crippen molar-refractivity contribution in [2.24, 2.45) is 0 Å². The minimum Gasteiger partial charge on any atom is -0.396 e. The summed E-state index contributed by atoms with van der Waals surface area (Å²) in [6.07, 6.45) is 1.76. The number of ether oxygens (including phenoxy) is 2. The highest BCUT2D eigenvalue weighted by molar-refractivity contribution is 5.39. The highest BCUT2D eigenvalue weighted by atomic mass is 16.6. The van der Waals surface area contributed by atoms with Crippen LogP contribution in [-0.2, 0) is 16.0 Å². The summed E-state index contributed by atoms with van der Waals surface area (Å²) in [6, 6.07) is 0. The largest absolute Gasteiger partial charge is 0.396 e. The molecule has 2 N–H and O–H groups in total. The first kappa shape index (κ1) is 9.48. The van der Waals surface area contributed by atoms with Gasteiger partial charge in [0.05, 0.1) is 43.9 Å². The lowest BCUT2D eigenvalue weighted by Gasteiger charge is -2.23. The Morgan fingerprint density at radius 1 is 1.64 bits per heavy atom. The van der Waals surface area contributed by atoms with E-state index in [1.54, 1.807) is 6.20 Å². The van der Waals surface area contributed by atoms with Crippen LogP contribution in [0.4, 0.5) is 5.69 Å². The highest BCUT2D eigenvalue weighted by Crippen LogP contribution is 2.11. The van der Waals surface area contributed by atoms with Crippen molar-refractivity contribution < 1.29 is 9.47 Å². The average Bonchev–Trinajstić information content (AvgIpc) is 2.52. The molecule has 1 unspecified atom stereocenters. The van der Waals surface area contributed by atoms with Crippen LogP contribution in [-0.4, -0.2) is 35.7 Å². The van der Waals surface area contributed by atoms with Crippen LogP contribution in [0.5, 0.6) is 0 Å². The Morgan fingerprint density at radius 2 is 2.50 bits per heavy atom. The number of nitrogens with two attached hydrogens (primary N) is 1. The first-order valence-electron chi connectivity index (χ1n) is 4.74. The zero-order chi connectivity index (χ0) is 9.97. The van der Waals surface area contributed by atoms with E-state index in [0.29, 0.717) is 26.4 Å². The first-order valence-corrected chi connectivity index (χ1v) is 4.74. The van der Waals surface area contributed by atoms with Crippen molar-refractivity contribution in [1.29, 1.82) is 0 Å². The van der Waals surface area contributed by atoms with Crippen molar-refractivity contribution in [2.45, 2.75) is 19.6 Å². The van der Waals surface area contributed by atoms with Gasteiger partial charge >= 0.3 is 0 Å². The summed E-state index contributed by atoms with van der Waals surface area (Å²) in [5.41, 5.74) is 7.40. The summed E-state index contributed by atoms with van der Waals surface area (Å²) < 4.78 is 12.7. The molecule has 0 saturated carbocycles. The van der Waals surface area contributed by atoms with Gasteiger partial charge in [-0.05, 0) is 6.92 Å². The van der Waals surface area contributed by atoms with Gasteiger partial charge in [0.1, 0.15) is 6.10 Å². The number of nitrogen functional groups attached to an aromatic ring is 1. The van der Waals surface area contributed by atoms with Gasteiger partial charge in [0.2, 0.25) is 0 Å². The topological polar surface area (TPSA) is 62.3 Å². The molecule has 1 aromatic heterocycles. The fourth-order valence-electron chi connectivity index (χ4n) is 1.48. The van der Waals surface area contributed by atoms with E-state index >= 15 is 0 Å². The molecule has 1 fully saturated rings. The Morgan fingerprint density at radius 3 is 3.07 bits per heavy atom. The lowest BCUT2D eigenvalue weighted by Crippen LogP contribution is -2.32. The van der Waals surface area contributed by atoms with Crippen LogP contribution >= 0.6 is 0 Å². The number of hydrogen-bond acceptors (Lipinski definition) is 4. The number of nitrogens with zero attached hydrogens (tertiary/aromatic N) is 2. The van der Waals surface area contributed by atoms with Gasteiger partial charge in [-0.3, -0.25) is 4.68 Å². The van der Waals surface area contributed by atoms with Gasteiger partial charge < -0.3 is 15.2 Å². The van der Waals surface area contributed by atoms with Gasteiger partial charge in [-0.2, -0.15) is 5.10 Å². The van der Waals surface area contributed by atoms with E-state index in [1.807, 2.05) is 11.6 Å². The molecule has 1 saturated heterocycles. The minimum absolute atomic E-state index is 0.0988. The number of aromatic nitrogens is 2. The Labute approximate surface area is 82.8 Å². The molecule has 1 aromatic rings. The molecular formula is C9H15N3O2. The standard InChI is InChI=1S/C9H15N3O2/c1-7-9(10)4-11-12(7)5-8-6-13-2-3-14-8/h4,8H,2-3,5-6,10H2,1H3. The molecule has 5 nitrogen and oxygen atoms in total. The van der Waals surface area contributed by atoms with Crippen LogP contribution in [0.15, 0.2) is 6.20 Å². The molecule has 1 atom stereocenters. The maximum atomic E-state index is 5.69. The predicted octanol–water partition coefficient (Wildman–Crippen LogP) is 0.189. The SMILES string of the molecule is Cc1c(N)cnn1CC1COCCO1. The molecule has 5 heteroatoms. The second-order valence-electron chi connectivity index (χ2n) is 3.44. The summed E-state index contributed by atoms with van der Waals surface area (Å²) >= 11 is 0. The molecule has 0 spiro atoms. The first-order chi connectivity index (χ1) is 6.77. The summed E-state index contributed by atoms with van der Waals surface area (Å²) in [5.74, 6) is 0. The van der Waals surface area contributed by atoms with Crippen molar-refractivity contribution in [3.05, 3.63) is 11.9 Å². The second kappa shape index (κ2) is 3.98.